The Morgan fingerprint density at radius 2 is 1.20 bits per heavy atom. The van der Waals surface area contributed by atoms with Crippen molar-refractivity contribution in [1.82, 2.24) is 0 Å². The van der Waals surface area contributed by atoms with Crippen molar-refractivity contribution in [1.29, 1.82) is 0 Å². The summed E-state index contributed by atoms with van der Waals surface area (Å²) in [5, 5.41) is 97.9. The van der Waals surface area contributed by atoms with Gasteiger partial charge in [0.1, 0.15) is 18.0 Å². The zero-order valence-corrected chi connectivity index (χ0v) is 38.0. The second kappa shape index (κ2) is 26.2. The number of aliphatic hydroxyl groups is 9. The Bertz CT molecular complexity index is 1660. The number of Topliss-reactive ketones (excluding diaryl/α,β-unsaturated/α-hetero) is 1. The van der Waals surface area contributed by atoms with Gasteiger partial charge in [0, 0.05) is 56.3 Å². The fourth-order valence-electron chi connectivity index (χ4n) is 7.86. The Labute approximate surface area is 377 Å². The molecule has 362 valence electrons. The Morgan fingerprint density at radius 1 is 0.672 bits per heavy atom. The van der Waals surface area contributed by atoms with Gasteiger partial charge in [0.25, 0.3) is 0 Å². The quantitative estimate of drug-likeness (QED) is 0.178. The molecule has 0 aliphatic carbocycles. The molecule has 0 aromatic heterocycles. The summed E-state index contributed by atoms with van der Waals surface area (Å²) in [6, 6.07) is -1.06. The Kier molecular flexibility index (Phi) is 22.6. The van der Waals surface area contributed by atoms with Gasteiger partial charge in [0.2, 0.25) is 0 Å². The predicted molar refractivity (Wildman–Crippen MR) is 239 cm³/mol. The average Bonchev–Trinajstić information content (AvgIpc) is 3.21. The summed E-state index contributed by atoms with van der Waals surface area (Å²) in [6.45, 7) is 10.2. The fourth-order valence-corrected chi connectivity index (χ4v) is 7.86. The lowest BCUT2D eigenvalue weighted by Gasteiger charge is -2.46. The summed E-state index contributed by atoms with van der Waals surface area (Å²) >= 11 is 0. The molecule has 0 aromatic carbocycles. The van der Waals surface area contributed by atoms with Crippen LogP contribution in [0.25, 0.3) is 0 Å². The van der Waals surface area contributed by atoms with Crippen molar-refractivity contribution in [2.24, 2.45) is 23.5 Å². The van der Waals surface area contributed by atoms with Crippen LogP contribution in [0, 0.1) is 17.8 Å². The number of hydrogen-bond donors (Lipinski definition) is 10. The van der Waals surface area contributed by atoms with Crippen LogP contribution in [0.3, 0.4) is 0 Å². The highest BCUT2D eigenvalue weighted by Gasteiger charge is 2.47. The standard InChI is InChI=1S/C48H75NO15/c1-29-19-17-15-13-11-9-7-8-10-12-14-16-18-20-37(63-46-45(58)43(49)44(57)33(5)62-46)26-41-30(2)39(54)27-48(60,64-41)28-40(55)38(53)22-21-34(50)23-35(51)24-36(52)25-42(56)61-32(4)31(3)47(29,6)59/h7-20,29-33,35-41,43-46,51-55,57-60H,21-28,49H2,1-6H3/b8-7+,11-9+,12-10+,15-13+,16-14+,19-17+,20-18+/t29-,30?,31?,32-,33?,35?,36?,37?,38?,39-,40?,41?,43?,44?,45?,46?,47?,48?/m0/s1. The second-order valence-corrected chi connectivity index (χ2v) is 18.0. The van der Waals surface area contributed by atoms with E-state index in [4.69, 9.17) is 24.7 Å². The van der Waals surface area contributed by atoms with Gasteiger partial charge in [0.15, 0.2) is 12.1 Å². The van der Waals surface area contributed by atoms with Crippen molar-refractivity contribution in [2.75, 3.05) is 0 Å². The maximum Gasteiger partial charge on any atom is 0.308 e. The topological polar surface area (TPSA) is 279 Å². The summed E-state index contributed by atoms with van der Waals surface area (Å²) < 4.78 is 23.6. The Hall–Kier alpha value is -3.20. The van der Waals surface area contributed by atoms with E-state index in [1.165, 1.54) is 0 Å². The monoisotopic (exact) mass is 906 g/mol. The van der Waals surface area contributed by atoms with Crippen LogP contribution in [0.15, 0.2) is 85.1 Å². The number of fused-ring (bicyclic) bond motifs is 2. The van der Waals surface area contributed by atoms with E-state index in [-0.39, 0.29) is 38.0 Å². The number of ketones is 1. The zero-order chi connectivity index (χ0) is 47.8. The van der Waals surface area contributed by atoms with Crippen LogP contribution in [0.4, 0.5) is 0 Å². The van der Waals surface area contributed by atoms with Gasteiger partial charge < -0.3 is 70.6 Å². The molecule has 3 aliphatic rings. The molecule has 3 heterocycles. The van der Waals surface area contributed by atoms with E-state index in [0.29, 0.717) is 0 Å². The van der Waals surface area contributed by atoms with Crippen LogP contribution in [-0.4, -0.2) is 149 Å². The number of esters is 1. The van der Waals surface area contributed by atoms with Gasteiger partial charge in [-0.1, -0.05) is 106 Å². The van der Waals surface area contributed by atoms with Gasteiger partial charge in [-0.05, 0) is 27.2 Å². The van der Waals surface area contributed by atoms with Gasteiger partial charge in [0.05, 0.1) is 73.0 Å². The lowest BCUT2D eigenvalue weighted by atomic mass is 9.77. The van der Waals surface area contributed by atoms with E-state index >= 15 is 0 Å². The highest BCUT2D eigenvalue weighted by molar-refractivity contribution is 5.78. The maximum atomic E-state index is 12.7. The molecule has 15 unspecified atom stereocenters. The molecule has 0 saturated carbocycles. The molecule has 0 spiro atoms. The predicted octanol–water partition coefficient (Wildman–Crippen LogP) is 2.25. The van der Waals surface area contributed by atoms with Gasteiger partial charge in [-0.3, -0.25) is 9.59 Å². The van der Waals surface area contributed by atoms with Crippen LogP contribution in [0.5, 0.6) is 0 Å². The van der Waals surface area contributed by atoms with Crippen molar-refractivity contribution >= 4 is 11.8 Å². The molecular formula is C48H75NO15. The fraction of sp³-hybridized carbons (Fsp3) is 0.667. The maximum absolute atomic E-state index is 12.7. The van der Waals surface area contributed by atoms with E-state index in [1.54, 1.807) is 65.0 Å². The summed E-state index contributed by atoms with van der Waals surface area (Å²) in [6.07, 6.45) is 8.97. The van der Waals surface area contributed by atoms with E-state index in [1.807, 2.05) is 61.6 Å². The van der Waals surface area contributed by atoms with Crippen molar-refractivity contribution in [3.8, 4) is 0 Å². The number of rotatable bonds is 2. The number of hydrogen-bond acceptors (Lipinski definition) is 16. The molecule has 3 rings (SSSR count). The first kappa shape index (κ1) is 55.1. The number of cyclic esters (lactones) is 1. The lowest BCUT2D eigenvalue weighted by Crippen LogP contribution is -2.61. The SMILES string of the molecule is CC1OC(OC2/C=C/C=C/C=C/C=C/C=C/C=C/C=C/[C@H](C)C(C)(O)C(C)[C@H](C)OC(=O)CC(O)CC(O)CC(=O)CCC(O)C(O)CC3(O)C[C@H](O)C(C)C(C2)O3)C(O)C(N)C1O. The molecular weight excluding hydrogens is 831 g/mol. The average molecular weight is 906 g/mol. The molecule has 2 saturated heterocycles. The second-order valence-electron chi connectivity index (χ2n) is 18.0. The van der Waals surface area contributed by atoms with Gasteiger partial charge in [-0.25, -0.2) is 0 Å². The van der Waals surface area contributed by atoms with Crippen molar-refractivity contribution in [3.63, 3.8) is 0 Å². The normalized spacial score (nSPS) is 46.1. The highest BCUT2D eigenvalue weighted by Crippen LogP contribution is 2.38. The van der Waals surface area contributed by atoms with Crippen LogP contribution < -0.4 is 5.73 Å². The smallest absolute Gasteiger partial charge is 0.308 e. The molecule has 2 bridgehead atoms. The summed E-state index contributed by atoms with van der Waals surface area (Å²) in [5.41, 5.74) is 4.79. The number of allylic oxidation sites excluding steroid dienone is 12. The molecule has 3 aliphatic heterocycles. The Balaban J connectivity index is 1.83. The number of carbonyl (C=O) groups is 2. The highest BCUT2D eigenvalue weighted by atomic mass is 16.7. The molecule has 11 N–H and O–H groups in total. The van der Waals surface area contributed by atoms with Gasteiger partial charge in [-0.15, -0.1) is 0 Å². The molecule has 0 aromatic rings. The van der Waals surface area contributed by atoms with Gasteiger partial charge >= 0.3 is 5.97 Å². The van der Waals surface area contributed by atoms with Crippen LogP contribution >= 0.6 is 0 Å². The van der Waals surface area contributed by atoms with Crippen molar-refractivity contribution < 1.29 is 74.5 Å². The van der Waals surface area contributed by atoms with Gasteiger partial charge in [-0.2, -0.15) is 0 Å². The van der Waals surface area contributed by atoms with E-state index < -0.39 is 134 Å². The number of carbonyl (C=O) groups excluding carboxylic acids is 2. The molecule has 0 amide bonds. The lowest BCUT2D eigenvalue weighted by molar-refractivity contribution is -0.310. The molecule has 0 radical (unpaired) electrons. The van der Waals surface area contributed by atoms with E-state index in [0.717, 1.165) is 0 Å². The largest absolute Gasteiger partial charge is 0.462 e. The molecule has 2 fully saturated rings. The number of nitrogens with two attached hydrogens (primary N) is 1. The zero-order valence-electron chi connectivity index (χ0n) is 38.0. The third-order valence-electron chi connectivity index (χ3n) is 12.7. The first-order valence-corrected chi connectivity index (χ1v) is 22.4. The van der Waals surface area contributed by atoms with E-state index in [2.05, 4.69) is 0 Å². The first-order chi connectivity index (χ1) is 30.0. The molecule has 16 nitrogen and oxygen atoms in total. The first-order valence-electron chi connectivity index (χ1n) is 22.4. The third kappa shape index (κ3) is 17.5. The number of aliphatic hydroxyl groups excluding tert-OH is 7. The minimum absolute atomic E-state index is 0.0301. The van der Waals surface area contributed by atoms with E-state index in [9.17, 15) is 55.5 Å². The summed E-state index contributed by atoms with van der Waals surface area (Å²) in [5.74, 6) is -4.68. The minimum Gasteiger partial charge on any atom is -0.462 e. The minimum atomic E-state index is -2.10. The van der Waals surface area contributed by atoms with Crippen LogP contribution in [0.1, 0.15) is 92.9 Å². The summed E-state index contributed by atoms with van der Waals surface area (Å²) in [4.78, 5) is 25.4. The van der Waals surface area contributed by atoms with Crippen molar-refractivity contribution in [2.45, 2.75) is 184 Å². The van der Waals surface area contributed by atoms with Crippen LogP contribution in [0.2, 0.25) is 0 Å². The van der Waals surface area contributed by atoms with Crippen molar-refractivity contribution in [3.05, 3.63) is 85.1 Å². The third-order valence-corrected chi connectivity index (χ3v) is 12.7. The molecule has 16 heteroatoms. The summed E-state index contributed by atoms with van der Waals surface area (Å²) in [7, 11) is 0. The molecule has 64 heavy (non-hydrogen) atoms. The molecule has 18 atom stereocenters. The van der Waals surface area contributed by atoms with Crippen LogP contribution in [-0.2, 0) is 28.5 Å². The Morgan fingerprint density at radius 3 is 1.80 bits per heavy atom. The number of ether oxygens (including phenoxy) is 4.